The molecule has 0 radical (unpaired) electrons. The normalized spacial score (nSPS) is 10.1. The summed E-state index contributed by atoms with van der Waals surface area (Å²) >= 11 is 2.15. The maximum absolute atomic E-state index is 11.2. The number of amides is 1. The average molecular weight is 293 g/mol. The van der Waals surface area contributed by atoms with Crippen LogP contribution in [0.2, 0.25) is 0 Å². The second kappa shape index (κ2) is 4.59. The van der Waals surface area contributed by atoms with Gasteiger partial charge in [-0.15, -0.1) is 0 Å². The molecule has 0 atom stereocenters. The van der Waals surface area contributed by atoms with E-state index in [2.05, 4.69) is 33.0 Å². The molecule has 0 unspecified atom stereocenters. The van der Waals surface area contributed by atoms with Gasteiger partial charge in [-0.3, -0.25) is 9.48 Å². The van der Waals surface area contributed by atoms with Gasteiger partial charge in [0.15, 0.2) is 0 Å². The van der Waals surface area contributed by atoms with Gasteiger partial charge < -0.3 is 5.32 Å². The largest absolute Gasteiger partial charge is 0.323 e. The second-order valence-electron chi connectivity index (χ2n) is 2.77. The van der Waals surface area contributed by atoms with E-state index < -0.39 is 0 Å². The zero-order valence-corrected chi connectivity index (χ0v) is 9.83. The zero-order chi connectivity index (χ0) is 9.84. The van der Waals surface area contributed by atoms with Crippen molar-refractivity contribution in [2.75, 3.05) is 5.32 Å². The van der Waals surface area contributed by atoms with Crippen LogP contribution < -0.4 is 5.32 Å². The first-order chi connectivity index (χ1) is 6.15. The van der Waals surface area contributed by atoms with Crippen LogP contribution in [0.5, 0.6) is 0 Å². The van der Waals surface area contributed by atoms with E-state index in [1.54, 1.807) is 10.9 Å². The van der Waals surface area contributed by atoms with Crippen molar-refractivity contribution in [1.82, 2.24) is 9.78 Å². The minimum absolute atomic E-state index is 0.0495. The Morgan fingerprint density at radius 1 is 1.77 bits per heavy atom. The van der Waals surface area contributed by atoms with Crippen LogP contribution in [0, 0.1) is 3.70 Å². The average Bonchev–Trinajstić information content (AvgIpc) is 2.37. The van der Waals surface area contributed by atoms with E-state index in [9.17, 15) is 4.79 Å². The first kappa shape index (κ1) is 10.5. The van der Waals surface area contributed by atoms with E-state index in [-0.39, 0.29) is 5.91 Å². The molecular weight excluding hydrogens is 281 g/mol. The number of halogens is 1. The molecule has 1 amide bonds. The van der Waals surface area contributed by atoms with Crippen LogP contribution in [0.4, 0.5) is 5.69 Å². The van der Waals surface area contributed by atoms with Gasteiger partial charge in [0.05, 0.1) is 11.9 Å². The van der Waals surface area contributed by atoms with E-state index in [0.29, 0.717) is 6.42 Å². The second-order valence-corrected chi connectivity index (χ2v) is 3.79. The number of aromatic nitrogens is 2. The van der Waals surface area contributed by atoms with Crippen molar-refractivity contribution in [1.29, 1.82) is 0 Å². The molecule has 1 aromatic heterocycles. The maximum atomic E-state index is 11.2. The third kappa shape index (κ3) is 2.68. The van der Waals surface area contributed by atoms with E-state index in [4.69, 9.17) is 0 Å². The summed E-state index contributed by atoms with van der Waals surface area (Å²) in [5.41, 5.74) is 0.793. The molecule has 0 aliphatic rings. The van der Waals surface area contributed by atoms with Crippen molar-refractivity contribution in [3.05, 3.63) is 9.90 Å². The van der Waals surface area contributed by atoms with Crippen LogP contribution in [0.1, 0.15) is 19.8 Å². The van der Waals surface area contributed by atoms with Gasteiger partial charge in [-0.25, -0.2) is 0 Å². The van der Waals surface area contributed by atoms with E-state index in [0.717, 1.165) is 15.8 Å². The van der Waals surface area contributed by atoms with E-state index in [1.165, 1.54) is 0 Å². The molecule has 1 heterocycles. The van der Waals surface area contributed by atoms with Gasteiger partial charge in [-0.1, -0.05) is 6.92 Å². The number of aryl methyl sites for hydroxylation is 1. The van der Waals surface area contributed by atoms with Crippen molar-refractivity contribution >= 4 is 34.2 Å². The molecule has 0 saturated carbocycles. The fraction of sp³-hybridized carbons (Fsp3) is 0.500. The molecule has 0 spiro atoms. The van der Waals surface area contributed by atoms with Crippen molar-refractivity contribution < 1.29 is 4.79 Å². The summed E-state index contributed by atoms with van der Waals surface area (Å²) in [6, 6.07) is 0. The third-order valence-corrected chi connectivity index (χ3v) is 2.90. The van der Waals surface area contributed by atoms with E-state index in [1.807, 2.05) is 14.0 Å². The Labute approximate surface area is 90.8 Å². The quantitative estimate of drug-likeness (QED) is 0.863. The topological polar surface area (TPSA) is 46.9 Å². The lowest BCUT2D eigenvalue weighted by Gasteiger charge is -2.01. The van der Waals surface area contributed by atoms with Gasteiger partial charge in [0.2, 0.25) is 5.91 Å². The molecule has 1 rings (SSSR count). The van der Waals surface area contributed by atoms with Gasteiger partial charge in [-0.2, -0.15) is 5.10 Å². The number of hydrogen-bond donors (Lipinski definition) is 1. The third-order valence-electron chi connectivity index (χ3n) is 1.62. The molecule has 1 N–H and O–H groups in total. The van der Waals surface area contributed by atoms with Crippen molar-refractivity contribution in [3.8, 4) is 0 Å². The number of carbonyl (C=O) groups excluding carboxylic acids is 1. The van der Waals surface area contributed by atoms with Crippen LogP contribution in [-0.4, -0.2) is 15.7 Å². The molecular formula is C8H12IN3O. The Morgan fingerprint density at radius 3 is 2.92 bits per heavy atom. The summed E-state index contributed by atoms with van der Waals surface area (Å²) in [4.78, 5) is 11.2. The Balaban J connectivity index is 2.64. The Hall–Kier alpha value is -0.590. The monoisotopic (exact) mass is 293 g/mol. The maximum Gasteiger partial charge on any atom is 0.224 e. The minimum atomic E-state index is 0.0495. The summed E-state index contributed by atoms with van der Waals surface area (Å²) in [6.45, 7) is 1.98. The van der Waals surface area contributed by atoms with Crippen molar-refractivity contribution in [2.45, 2.75) is 19.8 Å². The van der Waals surface area contributed by atoms with Crippen LogP contribution in [-0.2, 0) is 11.8 Å². The molecule has 0 saturated heterocycles. The zero-order valence-electron chi connectivity index (χ0n) is 7.67. The molecule has 4 nitrogen and oxygen atoms in total. The molecule has 13 heavy (non-hydrogen) atoms. The first-order valence-corrected chi connectivity index (χ1v) is 5.20. The Morgan fingerprint density at radius 2 is 2.46 bits per heavy atom. The predicted octanol–water partition coefficient (Wildman–Crippen LogP) is 1.76. The van der Waals surface area contributed by atoms with Gasteiger partial charge in [0.1, 0.15) is 3.70 Å². The highest BCUT2D eigenvalue weighted by atomic mass is 127. The highest BCUT2D eigenvalue weighted by Crippen LogP contribution is 2.16. The minimum Gasteiger partial charge on any atom is -0.323 e. The highest BCUT2D eigenvalue weighted by Gasteiger charge is 2.07. The Bertz CT molecular complexity index is 308. The fourth-order valence-electron chi connectivity index (χ4n) is 0.946. The number of nitrogens with one attached hydrogen (secondary N) is 1. The number of hydrogen-bond acceptors (Lipinski definition) is 2. The first-order valence-electron chi connectivity index (χ1n) is 4.12. The molecule has 0 aliphatic carbocycles. The number of carbonyl (C=O) groups is 1. The van der Waals surface area contributed by atoms with Crippen LogP contribution >= 0.6 is 22.6 Å². The van der Waals surface area contributed by atoms with Crippen molar-refractivity contribution in [2.24, 2.45) is 7.05 Å². The molecule has 1 aromatic rings. The summed E-state index contributed by atoms with van der Waals surface area (Å²) in [5.74, 6) is 0.0495. The smallest absolute Gasteiger partial charge is 0.224 e. The lowest BCUT2D eigenvalue weighted by atomic mass is 10.3. The summed E-state index contributed by atoms with van der Waals surface area (Å²) < 4.78 is 2.67. The summed E-state index contributed by atoms with van der Waals surface area (Å²) in [7, 11) is 1.84. The lowest BCUT2D eigenvalue weighted by molar-refractivity contribution is -0.116. The molecule has 0 bridgehead atoms. The molecule has 0 aromatic carbocycles. The van der Waals surface area contributed by atoms with Crippen LogP contribution in [0.25, 0.3) is 0 Å². The standard InChI is InChI=1S/C8H12IN3O/c1-3-4-7(13)11-6-5-10-12(2)8(6)9/h5H,3-4H2,1-2H3,(H,11,13). The summed E-state index contributed by atoms with van der Waals surface area (Å²) in [6.07, 6.45) is 3.09. The SMILES string of the molecule is CCCC(=O)Nc1cnn(C)c1I. The molecule has 72 valence electrons. The number of rotatable bonds is 3. The predicted molar refractivity (Wildman–Crippen MR) is 59.5 cm³/mol. The van der Waals surface area contributed by atoms with E-state index >= 15 is 0 Å². The lowest BCUT2D eigenvalue weighted by Crippen LogP contribution is -2.11. The molecule has 0 aliphatic heterocycles. The van der Waals surface area contributed by atoms with Gasteiger partial charge >= 0.3 is 0 Å². The van der Waals surface area contributed by atoms with Gasteiger partial charge in [0.25, 0.3) is 0 Å². The van der Waals surface area contributed by atoms with Gasteiger partial charge in [0, 0.05) is 13.5 Å². The summed E-state index contributed by atoms with van der Waals surface area (Å²) in [5, 5.41) is 6.83. The Kier molecular flexibility index (Phi) is 3.71. The molecule has 0 fully saturated rings. The highest BCUT2D eigenvalue weighted by molar-refractivity contribution is 14.1. The fourth-order valence-corrected chi connectivity index (χ4v) is 1.34. The van der Waals surface area contributed by atoms with Gasteiger partial charge in [-0.05, 0) is 29.0 Å². The number of anilines is 1. The van der Waals surface area contributed by atoms with Crippen LogP contribution in [0.3, 0.4) is 0 Å². The van der Waals surface area contributed by atoms with Crippen molar-refractivity contribution in [3.63, 3.8) is 0 Å². The van der Waals surface area contributed by atoms with Crippen LogP contribution in [0.15, 0.2) is 6.20 Å². The molecule has 5 heteroatoms. The number of nitrogens with zero attached hydrogens (tertiary/aromatic N) is 2.